The Hall–Kier alpha value is -1.69. The molecule has 1 unspecified atom stereocenters. The van der Waals surface area contributed by atoms with E-state index in [0.717, 1.165) is 51.3 Å². The van der Waals surface area contributed by atoms with Crippen LogP contribution >= 0.6 is 0 Å². The number of aromatic nitrogens is 2. The summed E-state index contributed by atoms with van der Waals surface area (Å²) in [5, 5.41) is 2.91. The zero-order chi connectivity index (χ0) is 18.0. The number of rotatable bonds is 4. The minimum absolute atomic E-state index is 0.0536. The zero-order valence-electron chi connectivity index (χ0n) is 15.6. The molecule has 3 rings (SSSR count). The molecule has 1 aromatic heterocycles. The van der Waals surface area contributed by atoms with Crippen LogP contribution in [0, 0.1) is 11.8 Å². The van der Waals surface area contributed by atoms with Crippen molar-refractivity contribution in [3.8, 4) is 0 Å². The molecule has 2 fully saturated rings. The van der Waals surface area contributed by atoms with Crippen LogP contribution < -0.4 is 10.9 Å². The molecule has 1 N–H and O–H groups in total. The highest BCUT2D eigenvalue weighted by molar-refractivity contribution is 5.78. The van der Waals surface area contributed by atoms with Crippen LogP contribution in [0.1, 0.15) is 45.7 Å². The molecule has 138 valence electrons. The van der Waals surface area contributed by atoms with Gasteiger partial charge in [0.25, 0.3) is 5.56 Å². The molecule has 6 heteroatoms. The fraction of sp³-hybridized carbons (Fsp3) is 0.737. The normalized spacial score (nSPS) is 23.0. The third-order valence-electron chi connectivity index (χ3n) is 5.39. The van der Waals surface area contributed by atoms with Crippen molar-refractivity contribution in [1.29, 1.82) is 0 Å². The molecule has 6 nitrogen and oxygen atoms in total. The van der Waals surface area contributed by atoms with Gasteiger partial charge in [-0.25, -0.2) is 4.98 Å². The second-order valence-corrected chi connectivity index (χ2v) is 8.63. The van der Waals surface area contributed by atoms with Crippen LogP contribution in [0.15, 0.2) is 17.2 Å². The zero-order valence-corrected chi connectivity index (χ0v) is 15.6. The molecule has 1 atom stereocenters. The largest absolute Gasteiger partial charge is 0.356 e. The van der Waals surface area contributed by atoms with Crippen LogP contribution in [0.5, 0.6) is 0 Å². The summed E-state index contributed by atoms with van der Waals surface area (Å²) >= 11 is 0. The van der Waals surface area contributed by atoms with Gasteiger partial charge < -0.3 is 10.2 Å². The Kier molecular flexibility index (Phi) is 5.27. The molecule has 2 aliphatic rings. The van der Waals surface area contributed by atoms with Crippen molar-refractivity contribution in [2.75, 3.05) is 26.2 Å². The molecule has 2 saturated heterocycles. The van der Waals surface area contributed by atoms with Crippen LogP contribution in [0.3, 0.4) is 0 Å². The SMILES string of the molecule is CC(C)(C)c1cc(=O)n(CC2CCN(CC3CNC(=O)C3)CC2)cn1. The van der Waals surface area contributed by atoms with E-state index in [1.807, 2.05) is 0 Å². The van der Waals surface area contributed by atoms with E-state index in [1.165, 1.54) is 0 Å². The summed E-state index contributed by atoms with van der Waals surface area (Å²) in [4.78, 5) is 30.6. The molecule has 0 spiro atoms. The Balaban J connectivity index is 1.50. The van der Waals surface area contributed by atoms with E-state index in [0.29, 0.717) is 18.3 Å². The van der Waals surface area contributed by atoms with Gasteiger partial charge in [-0.2, -0.15) is 0 Å². The first-order chi connectivity index (χ1) is 11.8. The summed E-state index contributed by atoms with van der Waals surface area (Å²) in [7, 11) is 0. The number of hydrogen-bond acceptors (Lipinski definition) is 4. The molecular formula is C19H30N4O2. The fourth-order valence-corrected chi connectivity index (χ4v) is 3.76. The van der Waals surface area contributed by atoms with Gasteiger partial charge in [0.05, 0.1) is 12.0 Å². The quantitative estimate of drug-likeness (QED) is 0.895. The van der Waals surface area contributed by atoms with Crippen LogP contribution in [-0.4, -0.2) is 46.5 Å². The van der Waals surface area contributed by atoms with Crippen molar-refractivity contribution in [3.63, 3.8) is 0 Å². The van der Waals surface area contributed by atoms with Crippen molar-refractivity contribution in [2.24, 2.45) is 11.8 Å². The molecule has 0 aromatic carbocycles. The average molecular weight is 346 g/mol. The lowest BCUT2D eigenvalue weighted by Gasteiger charge is -2.33. The molecule has 25 heavy (non-hydrogen) atoms. The van der Waals surface area contributed by atoms with Crippen LogP contribution in [-0.2, 0) is 16.8 Å². The molecular weight excluding hydrogens is 316 g/mol. The number of piperidine rings is 1. The first kappa shape index (κ1) is 18.1. The van der Waals surface area contributed by atoms with E-state index in [9.17, 15) is 9.59 Å². The van der Waals surface area contributed by atoms with Gasteiger partial charge in [-0.15, -0.1) is 0 Å². The van der Waals surface area contributed by atoms with E-state index < -0.39 is 0 Å². The second-order valence-electron chi connectivity index (χ2n) is 8.63. The molecule has 1 aromatic rings. The number of hydrogen-bond donors (Lipinski definition) is 1. The van der Waals surface area contributed by atoms with Crippen molar-refractivity contribution in [3.05, 3.63) is 28.4 Å². The van der Waals surface area contributed by atoms with Gasteiger partial charge >= 0.3 is 0 Å². The lowest BCUT2D eigenvalue weighted by atomic mass is 9.92. The van der Waals surface area contributed by atoms with Gasteiger partial charge in [0.1, 0.15) is 0 Å². The second kappa shape index (κ2) is 7.28. The maximum atomic E-state index is 12.4. The lowest BCUT2D eigenvalue weighted by Crippen LogP contribution is -2.39. The van der Waals surface area contributed by atoms with E-state index in [4.69, 9.17) is 0 Å². The number of likely N-dealkylation sites (tertiary alicyclic amines) is 1. The van der Waals surface area contributed by atoms with E-state index in [1.54, 1.807) is 17.0 Å². The summed E-state index contributed by atoms with van der Waals surface area (Å²) in [6, 6.07) is 1.68. The van der Waals surface area contributed by atoms with Crippen LogP contribution in [0.2, 0.25) is 0 Å². The highest BCUT2D eigenvalue weighted by atomic mass is 16.2. The van der Waals surface area contributed by atoms with Gasteiger partial charge in [0.2, 0.25) is 5.91 Å². The third kappa shape index (κ3) is 4.69. The van der Waals surface area contributed by atoms with E-state index in [2.05, 4.69) is 36.0 Å². The van der Waals surface area contributed by atoms with Gasteiger partial charge in [0, 0.05) is 37.5 Å². The van der Waals surface area contributed by atoms with Crippen molar-refractivity contribution < 1.29 is 4.79 Å². The molecule has 2 aliphatic heterocycles. The smallest absolute Gasteiger partial charge is 0.253 e. The molecule has 3 heterocycles. The first-order valence-corrected chi connectivity index (χ1v) is 9.37. The van der Waals surface area contributed by atoms with Crippen LogP contribution in [0.4, 0.5) is 0 Å². The standard InChI is InChI=1S/C19H30N4O2/c1-19(2,3)16-9-18(25)23(13-21-16)12-14-4-6-22(7-5-14)11-15-8-17(24)20-10-15/h9,13-15H,4-8,10-12H2,1-3H3,(H,20,24). The fourth-order valence-electron chi connectivity index (χ4n) is 3.76. The number of carbonyl (C=O) groups excluding carboxylic acids is 1. The van der Waals surface area contributed by atoms with Gasteiger partial charge in [0.15, 0.2) is 0 Å². The molecule has 0 bridgehead atoms. The topological polar surface area (TPSA) is 67.2 Å². The van der Waals surface area contributed by atoms with Gasteiger partial charge in [-0.05, 0) is 37.8 Å². The molecule has 0 aliphatic carbocycles. The van der Waals surface area contributed by atoms with Crippen molar-refractivity contribution in [2.45, 2.75) is 52.0 Å². The predicted octanol–water partition coefficient (Wildman–Crippen LogP) is 1.39. The molecule has 1 amide bonds. The molecule has 0 saturated carbocycles. The summed E-state index contributed by atoms with van der Waals surface area (Å²) in [5.74, 6) is 1.17. The maximum absolute atomic E-state index is 12.4. The van der Waals surface area contributed by atoms with Crippen molar-refractivity contribution in [1.82, 2.24) is 19.8 Å². The summed E-state index contributed by atoms with van der Waals surface area (Å²) < 4.78 is 1.76. The Morgan fingerprint density at radius 3 is 2.44 bits per heavy atom. The Bertz CT molecular complexity index is 669. The maximum Gasteiger partial charge on any atom is 0.253 e. The van der Waals surface area contributed by atoms with Crippen molar-refractivity contribution >= 4 is 5.91 Å². The van der Waals surface area contributed by atoms with Gasteiger partial charge in [-0.1, -0.05) is 20.8 Å². The van der Waals surface area contributed by atoms with E-state index >= 15 is 0 Å². The minimum Gasteiger partial charge on any atom is -0.356 e. The lowest BCUT2D eigenvalue weighted by molar-refractivity contribution is -0.119. The number of amides is 1. The van der Waals surface area contributed by atoms with Crippen LogP contribution in [0.25, 0.3) is 0 Å². The Morgan fingerprint density at radius 2 is 1.88 bits per heavy atom. The summed E-state index contributed by atoms with van der Waals surface area (Å²) in [5.41, 5.74) is 0.807. The summed E-state index contributed by atoms with van der Waals surface area (Å²) in [6.45, 7) is 10.9. The highest BCUT2D eigenvalue weighted by Crippen LogP contribution is 2.22. The number of nitrogens with zero attached hydrogens (tertiary/aromatic N) is 3. The Morgan fingerprint density at radius 1 is 1.16 bits per heavy atom. The number of nitrogens with one attached hydrogen (secondary N) is 1. The number of carbonyl (C=O) groups is 1. The first-order valence-electron chi connectivity index (χ1n) is 9.37. The predicted molar refractivity (Wildman–Crippen MR) is 97.5 cm³/mol. The monoisotopic (exact) mass is 346 g/mol. The minimum atomic E-state index is -0.0972. The average Bonchev–Trinajstić information content (AvgIpc) is 2.95. The summed E-state index contributed by atoms with van der Waals surface area (Å²) in [6.07, 6.45) is 4.58. The third-order valence-corrected chi connectivity index (χ3v) is 5.39. The highest BCUT2D eigenvalue weighted by Gasteiger charge is 2.26. The van der Waals surface area contributed by atoms with Gasteiger partial charge in [-0.3, -0.25) is 14.2 Å². The van der Waals surface area contributed by atoms with E-state index in [-0.39, 0.29) is 16.9 Å². The Labute approximate surface area is 149 Å². The molecule has 0 radical (unpaired) electrons.